The first-order chi connectivity index (χ1) is 24.4. The minimum atomic E-state index is -0.286. The molecule has 6 rings (SSSR count). The minimum Gasteiger partial charge on any atom is -0.508 e. The SMILES string of the molecule is CN(Cc1ccccc1)C(=O)c1ccc2c(c1)N(Cc1ccc(-c3ccccc3)cc1)C(=O)N(CCCCN)N=C2/C=C/c1ccc(O)cc1.Cl. The van der Waals surface area contributed by atoms with E-state index in [0.717, 1.165) is 39.8 Å². The van der Waals surface area contributed by atoms with Crippen molar-refractivity contribution in [1.82, 2.24) is 9.91 Å². The Morgan fingerprint density at radius 1 is 0.804 bits per heavy atom. The number of fused-ring (bicyclic) bond motifs is 1. The summed E-state index contributed by atoms with van der Waals surface area (Å²) in [6.07, 6.45) is 5.20. The summed E-state index contributed by atoms with van der Waals surface area (Å²) in [5.41, 5.74) is 13.2. The molecule has 3 N–H and O–H groups in total. The van der Waals surface area contributed by atoms with Crippen LogP contribution >= 0.6 is 12.4 Å². The normalized spacial score (nSPS) is 12.6. The van der Waals surface area contributed by atoms with Crippen LogP contribution in [0.25, 0.3) is 17.2 Å². The number of nitrogens with zero attached hydrogens (tertiary/aromatic N) is 4. The molecule has 8 nitrogen and oxygen atoms in total. The molecule has 5 aromatic rings. The first kappa shape index (κ1) is 36.6. The molecule has 0 unspecified atom stereocenters. The average Bonchev–Trinajstić information content (AvgIpc) is 3.25. The van der Waals surface area contributed by atoms with E-state index in [1.165, 1.54) is 5.01 Å². The van der Waals surface area contributed by atoms with Crippen molar-refractivity contribution in [3.63, 3.8) is 0 Å². The van der Waals surface area contributed by atoms with Crippen LogP contribution in [0.1, 0.15) is 45.5 Å². The zero-order chi connectivity index (χ0) is 34.9. The lowest BCUT2D eigenvalue weighted by atomic mass is 10.0. The van der Waals surface area contributed by atoms with E-state index in [4.69, 9.17) is 10.8 Å². The van der Waals surface area contributed by atoms with Gasteiger partial charge in [0.15, 0.2) is 0 Å². The molecule has 0 fully saturated rings. The summed E-state index contributed by atoms with van der Waals surface area (Å²) in [6, 6.07) is 40.3. The Kier molecular flexibility index (Phi) is 12.4. The second-order valence-electron chi connectivity index (χ2n) is 12.3. The highest BCUT2D eigenvalue weighted by Gasteiger charge is 2.30. The maximum absolute atomic E-state index is 14.5. The number of allylic oxidation sites excluding steroid dienone is 1. The number of hydrogen-bond acceptors (Lipinski definition) is 5. The molecule has 0 aromatic heterocycles. The van der Waals surface area contributed by atoms with Gasteiger partial charge in [-0.1, -0.05) is 103 Å². The number of rotatable bonds is 12. The molecule has 1 heterocycles. The number of carbonyl (C=O) groups excluding carboxylic acids is 2. The number of anilines is 1. The molecule has 0 atom stereocenters. The summed E-state index contributed by atoms with van der Waals surface area (Å²) < 4.78 is 0. The molecule has 3 amide bonds. The van der Waals surface area contributed by atoms with Gasteiger partial charge in [0, 0.05) is 31.3 Å². The minimum absolute atomic E-state index is 0. The van der Waals surface area contributed by atoms with Gasteiger partial charge in [-0.05, 0) is 83.6 Å². The third kappa shape index (κ3) is 9.11. The van der Waals surface area contributed by atoms with Crippen LogP contribution in [0.4, 0.5) is 10.5 Å². The molecule has 5 aromatic carbocycles. The van der Waals surface area contributed by atoms with Crippen molar-refractivity contribution in [3.8, 4) is 16.9 Å². The van der Waals surface area contributed by atoms with Crippen molar-refractivity contribution in [3.05, 3.63) is 161 Å². The van der Waals surface area contributed by atoms with Crippen LogP contribution in [0, 0.1) is 0 Å². The lowest BCUT2D eigenvalue weighted by Crippen LogP contribution is -2.40. The largest absolute Gasteiger partial charge is 0.508 e. The predicted molar refractivity (Wildman–Crippen MR) is 208 cm³/mol. The molecule has 0 radical (unpaired) electrons. The van der Waals surface area contributed by atoms with Gasteiger partial charge in [0.1, 0.15) is 5.75 Å². The summed E-state index contributed by atoms with van der Waals surface area (Å²) in [7, 11) is 1.78. The number of hydrazone groups is 1. The Bertz CT molecular complexity index is 1980. The number of hydrogen-bond donors (Lipinski definition) is 2. The molecule has 1 aliphatic rings. The monoisotopic (exact) mass is 699 g/mol. The lowest BCUT2D eigenvalue weighted by Gasteiger charge is -2.27. The highest BCUT2D eigenvalue weighted by atomic mass is 35.5. The molecule has 0 saturated heterocycles. The van der Waals surface area contributed by atoms with Crippen LogP contribution in [0.5, 0.6) is 5.75 Å². The number of nitrogens with two attached hydrogens (primary N) is 1. The number of carbonyl (C=O) groups is 2. The third-order valence-corrected chi connectivity index (χ3v) is 8.65. The first-order valence-electron chi connectivity index (χ1n) is 16.8. The molecular weight excluding hydrogens is 658 g/mol. The van der Waals surface area contributed by atoms with E-state index >= 15 is 0 Å². The van der Waals surface area contributed by atoms with Gasteiger partial charge < -0.3 is 15.7 Å². The zero-order valence-corrected chi connectivity index (χ0v) is 29.4. The number of amides is 3. The van der Waals surface area contributed by atoms with Crippen molar-refractivity contribution in [1.29, 1.82) is 0 Å². The molecule has 9 heteroatoms. The third-order valence-electron chi connectivity index (χ3n) is 8.65. The second kappa shape index (κ2) is 17.3. The number of urea groups is 1. The maximum Gasteiger partial charge on any atom is 0.345 e. The maximum atomic E-state index is 14.5. The van der Waals surface area contributed by atoms with Crippen LogP contribution in [0.2, 0.25) is 0 Å². The zero-order valence-electron chi connectivity index (χ0n) is 28.6. The number of benzene rings is 5. The van der Waals surface area contributed by atoms with Crippen LogP contribution in [0.15, 0.2) is 139 Å². The van der Waals surface area contributed by atoms with Crippen molar-refractivity contribution < 1.29 is 14.7 Å². The van der Waals surface area contributed by atoms with E-state index in [1.54, 1.807) is 35.0 Å². The van der Waals surface area contributed by atoms with Gasteiger partial charge in [-0.3, -0.25) is 9.69 Å². The van der Waals surface area contributed by atoms with E-state index in [1.807, 2.05) is 97.1 Å². The van der Waals surface area contributed by atoms with Gasteiger partial charge >= 0.3 is 6.03 Å². The van der Waals surface area contributed by atoms with Crippen LogP contribution in [-0.2, 0) is 13.1 Å². The van der Waals surface area contributed by atoms with E-state index in [2.05, 4.69) is 24.3 Å². The molecule has 51 heavy (non-hydrogen) atoms. The van der Waals surface area contributed by atoms with Crippen molar-refractivity contribution in [2.45, 2.75) is 25.9 Å². The second-order valence-corrected chi connectivity index (χ2v) is 12.3. The van der Waals surface area contributed by atoms with Crippen molar-refractivity contribution >= 4 is 41.8 Å². The van der Waals surface area contributed by atoms with Gasteiger partial charge in [0.25, 0.3) is 5.91 Å². The van der Waals surface area contributed by atoms with Crippen LogP contribution in [0.3, 0.4) is 0 Å². The Morgan fingerprint density at radius 3 is 2.16 bits per heavy atom. The number of phenolic OH excluding ortho intramolecular Hbond substituents is 1. The van der Waals surface area contributed by atoms with Gasteiger partial charge in [-0.15, -0.1) is 12.4 Å². The highest BCUT2D eigenvalue weighted by Crippen LogP contribution is 2.31. The van der Waals surface area contributed by atoms with Gasteiger partial charge in [0.2, 0.25) is 0 Å². The Labute approximate surface area is 305 Å². The summed E-state index contributed by atoms with van der Waals surface area (Å²) in [5, 5.41) is 16.2. The lowest BCUT2D eigenvalue weighted by molar-refractivity contribution is 0.0785. The molecule has 1 aliphatic heterocycles. The topological polar surface area (TPSA) is 102 Å². The first-order valence-corrected chi connectivity index (χ1v) is 16.8. The number of unbranched alkanes of at least 4 members (excludes halogenated alkanes) is 1. The predicted octanol–water partition coefficient (Wildman–Crippen LogP) is 8.35. The number of phenols is 1. The van der Waals surface area contributed by atoms with Crippen LogP contribution < -0.4 is 10.6 Å². The quantitative estimate of drug-likeness (QED) is 0.128. The fourth-order valence-electron chi connectivity index (χ4n) is 5.93. The van der Waals surface area contributed by atoms with Crippen molar-refractivity contribution in [2.24, 2.45) is 10.8 Å². The Balaban J connectivity index is 0.00000504. The Morgan fingerprint density at radius 2 is 1.47 bits per heavy atom. The summed E-state index contributed by atoms with van der Waals surface area (Å²) >= 11 is 0. The molecule has 0 saturated carbocycles. The van der Waals surface area contributed by atoms with E-state index < -0.39 is 0 Å². The fourth-order valence-corrected chi connectivity index (χ4v) is 5.93. The molecule has 0 aliphatic carbocycles. The van der Waals surface area contributed by atoms with E-state index in [9.17, 15) is 14.7 Å². The standard InChI is InChI=1S/C42H41N5O3.ClH/c1-45(29-32-10-4-2-5-11-32)41(49)36-21-24-38-39(25-18-31-16-22-37(48)23-17-31)44-47(27-9-8-26-43)42(50)46(40(38)28-36)30-33-14-19-35(20-15-33)34-12-6-3-7-13-34;/h2-7,10-25,28,48H,8-9,26-27,29-30,43H2,1H3;1H/b25-18+;. The molecule has 0 spiro atoms. The highest BCUT2D eigenvalue weighted by molar-refractivity contribution is 6.17. The average molecular weight is 700 g/mol. The fraction of sp³-hybridized carbons (Fsp3) is 0.167. The molecule has 260 valence electrons. The Hall–Kier alpha value is -5.70. The smallest absolute Gasteiger partial charge is 0.345 e. The number of halogens is 1. The van der Waals surface area contributed by atoms with Gasteiger partial charge in [-0.2, -0.15) is 5.10 Å². The van der Waals surface area contributed by atoms with Gasteiger partial charge in [-0.25, -0.2) is 9.80 Å². The molecular formula is C42H42ClN5O3. The summed E-state index contributed by atoms with van der Waals surface area (Å²) in [6.45, 7) is 1.62. The number of aromatic hydroxyl groups is 1. The van der Waals surface area contributed by atoms with E-state index in [-0.39, 0.29) is 36.6 Å². The van der Waals surface area contributed by atoms with Gasteiger partial charge in [0.05, 0.1) is 17.9 Å². The molecule has 0 bridgehead atoms. The van der Waals surface area contributed by atoms with E-state index in [0.29, 0.717) is 43.0 Å². The van der Waals surface area contributed by atoms with Crippen LogP contribution in [-0.4, -0.2) is 52.8 Å². The summed E-state index contributed by atoms with van der Waals surface area (Å²) in [4.78, 5) is 31.7. The van der Waals surface area contributed by atoms with Crippen molar-refractivity contribution in [2.75, 3.05) is 25.0 Å². The summed E-state index contributed by atoms with van der Waals surface area (Å²) in [5.74, 6) is 0.0243.